The van der Waals surface area contributed by atoms with E-state index in [9.17, 15) is 30.1 Å². The Morgan fingerprint density at radius 1 is 1.12 bits per heavy atom. The van der Waals surface area contributed by atoms with E-state index in [1.54, 1.807) is 18.2 Å². The summed E-state index contributed by atoms with van der Waals surface area (Å²) >= 11 is 0. The maximum absolute atomic E-state index is 12.0. The van der Waals surface area contributed by atoms with Gasteiger partial charge >= 0.3 is 0 Å². The molecule has 2 rings (SSSR count). The number of hydrazone groups is 1. The van der Waals surface area contributed by atoms with Crippen LogP contribution >= 0.6 is 0 Å². The summed E-state index contributed by atoms with van der Waals surface area (Å²) in [5.41, 5.74) is 0.806. The van der Waals surface area contributed by atoms with E-state index < -0.39 is 27.1 Å². The van der Waals surface area contributed by atoms with Crippen LogP contribution in [0.3, 0.4) is 0 Å². The van der Waals surface area contributed by atoms with Crippen LogP contribution in [0.15, 0.2) is 47.6 Å². The highest BCUT2D eigenvalue weighted by Gasteiger charge is 2.23. The molecule has 0 aliphatic heterocycles. The van der Waals surface area contributed by atoms with Crippen molar-refractivity contribution in [2.24, 2.45) is 5.10 Å². The van der Waals surface area contributed by atoms with E-state index in [-0.39, 0.29) is 11.3 Å². The number of nitro benzene ring substituents is 2. The standard InChI is InChI=1S/C14H10N4O6/c19-13-4-2-1-3-9(13)8-15-16-14(20)11-6-5-10(17(21)22)7-12(11)18(23)24/h1-8,19H,(H,16,20). The van der Waals surface area contributed by atoms with E-state index in [0.717, 1.165) is 18.3 Å². The van der Waals surface area contributed by atoms with Crippen LogP contribution in [0.25, 0.3) is 0 Å². The van der Waals surface area contributed by atoms with Crippen LogP contribution in [0, 0.1) is 20.2 Å². The first-order chi connectivity index (χ1) is 11.4. The van der Waals surface area contributed by atoms with Crippen LogP contribution < -0.4 is 5.43 Å². The van der Waals surface area contributed by atoms with Gasteiger partial charge in [-0.1, -0.05) is 12.1 Å². The highest BCUT2D eigenvalue weighted by Crippen LogP contribution is 2.24. The number of aromatic hydroxyl groups is 1. The summed E-state index contributed by atoms with van der Waals surface area (Å²) in [7, 11) is 0. The predicted octanol–water partition coefficient (Wildman–Crippen LogP) is 1.97. The highest BCUT2D eigenvalue weighted by atomic mass is 16.6. The Labute approximate surface area is 134 Å². The van der Waals surface area contributed by atoms with Crippen molar-refractivity contribution >= 4 is 23.5 Å². The molecule has 2 N–H and O–H groups in total. The predicted molar refractivity (Wildman–Crippen MR) is 82.9 cm³/mol. The third-order valence-electron chi connectivity index (χ3n) is 2.94. The maximum atomic E-state index is 12.0. The number of nitrogens with zero attached hydrogens (tertiary/aromatic N) is 3. The molecule has 10 nitrogen and oxygen atoms in total. The Bertz CT molecular complexity index is 849. The molecule has 1 amide bonds. The van der Waals surface area contributed by atoms with Gasteiger partial charge in [-0.05, 0) is 18.2 Å². The van der Waals surface area contributed by atoms with Crippen molar-refractivity contribution in [1.82, 2.24) is 5.43 Å². The zero-order chi connectivity index (χ0) is 17.7. The lowest BCUT2D eigenvalue weighted by molar-refractivity contribution is -0.394. The highest BCUT2D eigenvalue weighted by molar-refractivity contribution is 5.99. The van der Waals surface area contributed by atoms with Crippen molar-refractivity contribution in [2.75, 3.05) is 0 Å². The molecule has 10 heteroatoms. The molecular formula is C14H10N4O6. The minimum atomic E-state index is -0.914. The minimum Gasteiger partial charge on any atom is -0.507 e. The zero-order valence-corrected chi connectivity index (χ0v) is 11.9. The summed E-state index contributed by atoms with van der Waals surface area (Å²) < 4.78 is 0. The second-order valence-corrected chi connectivity index (χ2v) is 4.47. The fourth-order valence-electron chi connectivity index (χ4n) is 1.79. The van der Waals surface area contributed by atoms with Crippen molar-refractivity contribution in [2.45, 2.75) is 0 Å². The molecule has 0 heterocycles. The number of amides is 1. The van der Waals surface area contributed by atoms with Gasteiger partial charge < -0.3 is 5.11 Å². The van der Waals surface area contributed by atoms with Crippen LogP contribution in [0.5, 0.6) is 5.75 Å². The summed E-state index contributed by atoms with van der Waals surface area (Å²) in [4.78, 5) is 31.9. The summed E-state index contributed by atoms with van der Waals surface area (Å²) in [5.74, 6) is -0.972. The molecule has 0 aliphatic rings. The van der Waals surface area contributed by atoms with Crippen LogP contribution in [0.2, 0.25) is 0 Å². The fourth-order valence-corrected chi connectivity index (χ4v) is 1.79. The lowest BCUT2D eigenvalue weighted by Crippen LogP contribution is -2.19. The largest absolute Gasteiger partial charge is 0.507 e. The van der Waals surface area contributed by atoms with Gasteiger partial charge in [0.05, 0.1) is 22.1 Å². The molecule has 0 saturated heterocycles. The second-order valence-electron chi connectivity index (χ2n) is 4.47. The first-order valence-corrected chi connectivity index (χ1v) is 6.44. The molecule has 2 aromatic rings. The number of phenolic OH excluding ortho intramolecular Hbond substituents is 1. The van der Waals surface area contributed by atoms with E-state index in [0.29, 0.717) is 11.6 Å². The third kappa shape index (κ3) is 3.68. The Morgan fingerprint density at radius 3 is 2.46 bits per heavy atom. The van der Waals surface area contributed by atoms with Crippen molar-refractivity contribution in [3.8, 4) is 5.75 Å². The summed E-state index contributed by atoms with van der Waals surface area (Å²) in [6.45, 7) is 0. The number of para-hydroxylation sites is 1. The van der Waals surface area contributed by atoms with Crippen LogP contribution in [0.4, 0.5) is 11.4 Å². The van der Waals surface area contributed by atoms with Gasteiger partial charge in [0, 0.05) is 11.6 Å². The zero-order valence-electron chi connectivity index (χ0n) is 11.9. The fraction of sp³-hybridized carbons (Fsp3) is 0. The average Bonchev–Trinajstić information content (AvgIpc) is 2.55. The van der Waals surface area contributed by atoms with Crippen LogP contribution in [-0.2, 0) is 0 Å². The maximum Gasteiger partial charge on any atom is 0.289 e. The number of nitrogens with one attached hydrogen (secondary N) is 1. The topological polar surface area (TPSA) is 148 Å². The number of nitro groups is 2. The summed E-state index contributed by atoms with van der Waals surface area (Å²) in [6.07, 6.45) is 1.16. The van der Waals surface area contributed by atoms with E-state index >= 15 is 0 Å². The number of carbonyl (C=O) groups excluding carboxylic acids is 1. The molecule has 0 radical (unpaired) electrons. The summed E-state index contributed by atoms with van der Waals surface area (Å²) in [5, 5.41) is 34.8. The van der Waals surface area contributed by atoms with Gasteiger partial charge in [0.25, 0.3) is 17.3 Å². The Hall–Kier alpha value is -3.82. The first-order valence-electron chi connectivity index (χ1n) is 6.44. The monoisotopic (exact) mass is 330 g/mol. The molecule has 24 heavy (non-hydrogen) atoms. The van der Waals surface area contributed by atoms with E-state index in [4.69, 9.17) is 0 Å². The van der Waals surface area contributed by atoms with Crippen molar-refractivity contribution < 1.29 is 19.7 Å². The smallest absolute Gasteiger partial charge is 0.289 e. The van der Waals surface area contributed by atoms with Gasteiger partial charge in [0.2, 0.25) is 0 Å². The number of benzene rings is 2. The lowest BCUT2D eigenvalue weighted by Gasteiger charge is -2.02. The number of rotatable bonds is 5. The van der Waals surface area contributed by atoms with Gasteiger partial charge in [0.15, 0.2) is 0 Å². The number of non-ortho nitro benzene ring substituents is 1. The molecule has 0 aromatic heterocycles. The Balaban J connectivity index is 2.22. The van der Waals surface area contributed by atoms with Crippen molar-refractivity contribution in [3.63, 3.8) is 0 Å². The molecule has 0 atom stereocenters. The second kappa shape index (κ2) is 6.96. The number of phenols is 1. The van der Waals surface area contributed by atoms with E-state index in [2.05, 4.69) is 10.5 Å². The van der Waals surface area contributed by atoms with Crippen molar-refractivity contribution in [3.05, 3.63) is 73.8 Å². The van der Waals surface area contributed by atoms with Gasteiger partial charge in [-0.3, -0.25) is 25.0 Å². The number of carbonyl (C=O) groups is 1. The first kappa shape index (κ1) is 16.5. The number of hydrogen-bond acceptors (Lipinski definition) is 7. The van der Waals surface area contributed by atoms with E-state index in [1.165, 1.54) is 6.07 Å². The normalized spacial score (nSPS) is 10.5. The van der Waals surface area contributed by atoms with Gasteiger partial charge in [0.1, 0.15) is 11.3 Å². The molecule has 122 valence electrons. The molecule has 0 unspecified atom stereocenters. The molecule has 0 spiro atoms. The van der Waals surface area contributed by atoms with Gasteiger partial charge in [-0.2, -0.15) is 5.10 Å². The molecule has 0 bridgehead atoms. The van der Waals surface area contributed by atoms with Gasteiger partial charge in [-0.15, -0.1) is 0 Å². The minimum absolute atomic E-state index is 0.0585. The molecular weight excluding hydrogens is 320 g/mol. The summed E-state index contributed by atoms with van der Waals surface area (Å²) in [6, 6.07) is 8.86. The van der Waals surface area contributed by atoms with Crippen molar-refractivity contribution in [1.29, 1.82) is 0 Å². The SMILES string of the molecule is O=C(NN=Cc1ccccc1O)c1ccc([N+](=O)[O-])cc1[N+](=O)[O-]. The quantitative estimate of drug-likeness (QED) is 0.486. The lowest BCUT2D eigenvalue weighted by atomic mass is 10.1. The van der Waals surface area contributed by atoms with Crippen LogP contribution in [0.1, 0.15) is 15.9 Å². The third-order valence-corrected chi connectivity index (χ3v) is 2.94. The molecule has 0 saturated carbocycles. The Kier molecular flexibility index (Phi) is 4.80. The number of hydrogen-bond donors (Lipinski definition) is 2. The van der Waals surface area contributed by atoms with Crippen LogP contribution in [-0.4, -0.2) is 27.1 Å². The molecule has 0 aliphatic carbocycles. The van der Waals surface area contributed by atoms with E-state index in [1.807, 2.05) is 0 Å². The molecule has 0 fully saturated rings. The molecule has 2 aromatic carbocycles. The van der Waals surface area contributed by atoms with Gasteiger partial charge in [-0.25, -0.2) is 5.43 Å². The Morgan fingerprint density at radius 2 is 1.83 bits per heavy atom. The average molecular weight is 330 g/mol.